The summed E-state index contributed by atoms with van der Waals surface area (Å²) in [4.78, 5) is 30.8. The van der Waals surface area contributed by atoms with Gasteiger partial charge < -0.3 is 48.1 Å². The molecule has 0 aliphatic carbocycles. The second-order valence-electron chi connectivity index (χ2n) is 17.1. The molecule has 0 aromatic rings. The van der Waals surface area contributed by atoms with E-state index in [1.54, 1.807) is 34.6 Å². The summed E-state index contributed by atoms with van der Waals surface area (Å²) in [7, 11) is 4.97. The Balaban J connectivity index is 1.86. The molecule has 0 spiro atoms. The summed E-state index contributed by atoms with van der Waals surface area (Å²) >= 11 is 0. The minimum absolute atomic E-state index is 0.164. The van der Waals surface area contributed by atoms with Gasteiger partial charge in [-0.3, -0.25) is 14.5 Å². The molecule has 4 aliphatic rings. The number of likely N-dealkylation sites (N-methyl/N-ethyl adjacent to an activating group) is 1. The second kappa shape index (κ2) is 16.8. The van der Waals surface area contributed by atoms with Crippen LogP contribution >= 0.6 is 0 Å². The van der Waals surface area contributed by atoms with Crippen LogP contribution in [0.15, 0.2) is 11.3 Å². The molecule has 0 aromatic heterocycles. The number of aliphatic hydroxyl groups is 2. The average molecular weight is 756 g/mol. The molecule has 0 aromatic carbocycles. The number of carbonyl (C=O) groups is 2. The maximum absolute atomic E-state index is 14.4. The summed E-state index contributed by atoms with van der Waals surface area (Å²) in [5.41, 5.74) is -2.66. The van der Waals surface area contributed by atoms with Gasteiger partial charge >= 0.3 is 5.97 Å². The normalized spacial score (nSPS) is 46.1. The van der Waals surface area contributed by atoms with Crippen LogP contribution in [-0.2, 0) is 47.5 Å². The number of carbonyl (C=O) groups excluding carboxylic acids is 2. The predicted octanol–water partition coefficient (Wildman–Crippen LogP) is 4.53. The van der Waals surface area contributed by atoms with Crippen molar-refractivity contribution in [3.05, 3.63) is 11.3 Å². The largest absolute Gasteiger partial charge is 0.488 e. The third kappa shape index (κ3) is 8.54. The smallest absolute Gasteiger partial charge is 0.311 e. The van der Waals surface area contributed by atoms with Crippen LogP contribution in [0.3, 0.4) is 0 Å². The Bertz CT molecular complexity index is 1330. The number of ketones is 1. The summed E-state index contributed by atoms with van der Waals surface area (Å²) in [6.45, 7) is 22.5. The maximum Gasteiger partial charge on any atom is 0.311 e. The van der Waals surface area contributed by atoms with Crippen LogP contribution in [0, 0.1) is 17.8 Å². The molecular formula is C40H69NO12. The SMILES string of the molecule is CC[C@H]1OC(=O)[C@H](C)[C@@H](OC2C[C@@](C)(OC)[C@@H](O)[C@H](C)O2)[C@H](C)[C@@H](O[C@@H]2O[C@H](C)C[C@H](N(C)C(C)C)[C@H]2O)[C@@]2(C)CC(C)=C(O2)[C@H](C)C(=O)[C@]1(C)OC. The van der Waals surface area contributed by atoms with Crippen molar-refractivity contribution in [3.8, 4) is 0 Å². The average Bonchev–Trinajstić information content (AvgIpc) is 3.43. The van der Waals surface area contributed by atoms with Gasteiger partial charge in [-0.25, -0.2) is 0 Å². The van der Waals surface area contributed by atoms with E-state index in [4.69, 9.17) is 37.9 Å². The number of fused-ring (bicyclic) bond motifs is 2. The highest BCUT2D eigenvalue weighted by Gasteiger charge is 2.56. The van der Waals surface area contributed by atoms with Gasteiger partial charge in [0.2, 0.25) is 0 Å². The number of cyclic esters (lactones) is 1. The second-order valence-corrected chi connectivity index (χ2v) is 17.1. The number of methoxy groups -OCH3 is 2. The van der Waals surface area contributed by atoms with Gasteiger partial charge in [-0.2, -0.15) is 0 Å². The summed E-state index contributed by atoms with van der Waals surface area (Å²) in [6.07, 6.45) is -5.84. The maximum atomic E-state index is 14.4. The van der Waals surface area contributed by atoms with Gasteiger partial charge in [-0.05, 0) is 94.7 Å². The van der Waals surface area contributed by atoms with E-state index in [2.05, 4.69) is 18.7 Å². The van der Waals surface area contributed by atoms with Crippen LogP contribution in [-0.4, -0.2) is 132 Å². The minimum Gasteiger partial charge on any atom is -0.488 e. The van der Waals surface area contributed by atoms with Crippen molar-refractivity contribution < 1.29 is 57.7 Å². The molecule has 0 saturated carbocycles. The van der Waals surface area contributed by atoms with Crippen molar-refractivity contribution in [3.63, 3.8) is 0 Å². The van der Waals surface area contributed by atoms with Crippen molar-refractivity contribution in [1.82, 2.24) is 4.90 Å². The van der Waals surface area contributed by atoms with E-state index in [9.17, 15) is 19.8 Å². The molecule has 3 fully saturated rings. The number of rotatable bonds is 9. The van der Waals surface area contributed by atoms with Crippen LogP contribution in [0.5, 0.6) is 0 Å². The van der Waals surface area contributed by atoms with E-state index in [1.165, 1.54) is 14.2 Å². The van der Waals surface area contributed by atoms with Crippen molar-refractivity contribution in [2.45, 2.75) is 193 Å². The third-order valence-corrected chi connectivity index (χ3v) is 12.8. The zero-order chi connectivity index (χ0) is 40.0. The molecule has 16 atom stereocenters. The number of Topliss-reactive ketones (excluding diaryl/α,β-unsaturated/α-hetero) is 1. The number of nitrogens with zero attached hydrogens (tertiary/aromatic N) is 1. The fourth-order valence-electron chi connectivity index (χ4n) is 9.05. The lowest BCUT2D eigenvalue weighted by Crippen LogP contribution is -2.61. The molecule has 1 unspecified atom stereocenters. The number of ether oxygens (including phenoxy) is 8. The zero-order valence-corrected chi connectivity index (χ0v) is 34.8. The predicted molar refractivity (Wildman–Crippen MR) is 197 cm³/mol. The fourth-order valence-corrected chi connectivity index (χ4v) is 9.05. The van der Waals surface area contributed by atoms with E-state index < -0.39 is 89.7 Å². The molecule has 53 heavy (non-hydrogen) atoms. The molecule has 3 saturated heterocycles. The van der Waals surface area contributed by atoms with Crippen molar-refractivity contribution in [2.24, 2.45) is 17.8 Å². The van der Waals surface area contributed by atoms with Crippen molar-refractivity contribution in [1.29, 1.82) is 0 Å². The van der Waals surface area contributed by atoms with Gasteiger partial charge in [0.05, 0.1) is 35.7 Å². The lowest BCUT2D eigenvalue weighted by Gasteiger charge is -2.49. The Morgan fingerprint density at radius 1 is 0.981 bits per heavy atom. The Labute approximate surface area is 317 Å². The van der Waals surface area contributed by atoms with Gasteiger partial charge in [-0.15, -0.1) is 0 Å². The highest BCUT2D eigenvalue weighted by molar-refractivity contribution is 5.92. The van der Waals surface area contributed by atoms with Crippen LogP contribution in [0.1, 0.15) is 109 Å². The van der Waals surface area contributed by atoms with E-state index >= 15 is 0 Å². The number of hydrogen-bond acceptors (Lipinski definition) is 13. The highest BCUT2D eigenvalue weighted by Crippen LogP contribution is 2.47. The fraction of sp³-hybridized carbons (Fsp3) is 0.900. The monoisotopic (exact) mass is 755 g/mol. The quantitative estimate of drug-likeness (QED) is 0.318. The lowest BCUT2D eigenvalue weighted by molar-refractivity contribution is -0.317. The first-order valence-corrected chi connectivity index (χ1v) is 19.5. The Kier molecular flexibility index (Phi) is 14.0. The number of allylic oxidation sites excluding steroid dienone is 1. The van der Waals surface area contributed by atoms with Crippen LogP contribution in [0.4, 0.5) is 0 Å². The summed E-state index contributed by atoms with van der Waals surface area (Å²) < 4.78 is 51.1. The topological polar surface area (TPSA) is 152 Å². The number of aliphatic hydroxyl groups excluding tert-OH is 2. The van der Waals surface area contributed by atoms with Gasteiger partial charge in [0.15, 0.2) is 24.0 Å². The van der Waals surface area contributed by atoms with Gasteiger partial charge in [0.25, 0.3) is 0 Å². The van der Waals surface area contributed by atoms with Gasteiger partial charge in [-0.1, -0.05) is 13.8 Å². The van der Waals surface area contributed by atoms with Crippen molar-refractivity contribution in [2.75, 3.05) is 21.3 Å². The molecule has 0 amide bonds. The molecule has 2 bridgehead atoms. The summed E-state index contributed by atoms with van der Waals surface area (Å²) in [6, 6.07) is -0.0782. The zero-order valence-electron chi connectivity index (χ0n) is 34.8. The van der Waals surface area contributed by atoms with Gasteiger partial charge in [0, 0.05) is 45.1 Å². The standard InChI is InChI=1S/C40H69NO12/c1-16-28-40(12,47-15)33(43)23(6)31-21(4)18-39(11,53-31)35(52-37-30(42)27(17-22(5)48-37)41(13)20(2)3)24(7)32(25(8)36(45)50-28)51-29-19-38(10,46-14)34(44)26(9)49-29/h20,22-30,32,34-35,37,42,44H,16-19H2,1-15H3/t22-,23+,24+,25-,26+,27+,28-,29?,30-,32+,34+,35-,37+,38-,39-,40-/m1/s1. The summed E-state index contributed by atoms with van der Waals surface area (Å²) in [5, 5.41) is 22.8. The summed E-state index contributed by atoms with van der Waals surface area (Å²) in [5.74, 6) is -2.59. The molecule has 0 radical (unpaired) electrons. The van der Waals surface area contributed by atoms with E-state index in [0.717, 1.165) is 5.57 Å². The molecule has 4 rings (SSSR count). The molecule has 2 N–H and O–H groups in total. The molecule has 4 aliphatic heterocycles. The van der Waals surface area contributed by atoms with Gasteiger partial charge in [0.1, 0.15) is 35.8 Å². The van der Waals surface area contributed by atoms with Crippen LogP contribution < -0.4 is 0 Å². The van der Waals surface area contributed by atoms with Crippen LogP contribution in [0.25, 0.3) is 0 Å². The Morgan fingerprint density at radius 2 is 1.62 bits per heavy atom. The lowest BCUT2D eigenvalue weighted by atomic mass is 9.79. The number of hydrogen-bond donors (Lipinski definition) is 2. The van der Waals surface area contributed by atoms with E-state index in [1.807, 2.05) is 41.7 Å². The molecular weight excluding hydrogens is 686 g/mol. The molecule has 306 valence electrons. The van der Waals surface area contributed by atoms with Crippen molar-refractivity contribution >= 4 is 11.8 Å². The van der Waals surface area contributed by atoms with E-state index in [-0.39, 0.29) is 30.4 Å². The Morgan fingerprint density at radius 3 is 2.19 bits per heavy atom. The molecule has 13 heteroatoms. The Hall–Kier alpha value is -1.68. The first kappa shape index (κ1) is 44.0. The molecule has 13 nitrogen and oxygen atoms in total. The third-order valence-electron chi connectivity index (χ3n) is 12.8. The highest BCUT2D eigenvalue weighted by atomic mass is 16.7. The van der Waals surface area contributed by atoms with E-state index in [0.29, 0.717) is 25.0 Å². The molecule has 4 heterocycles. The number of esters is 1. The first-order valence-electron chi connectivity index (χ1n) is 19.5. The van der Waals surface area contributed by atoms with Crippen LogP contribution in [0.2, 0.25) is 0 Å². The minimum atomic E-state index is -1.48. The first-order chi connectivity index (χ1) is 24.6.